The van der Waals surface area contributed by atoms with Crippen molar-refractivity contribution < 1.29 is 18.9 Å². The second-order valence-corrected chi connectivity index (χ2v) is 16.0. The van der Waals surface area contributed by atoms with Gasteiger partial charge in [-0.1, -0.05) is 146 Å². The van der Waals surface area contributed by atoms with Gasteiger partial charge in [0.1, 0.15) is 45.6 Å². The molecule has 0 saturated carbocycles. The first-order chi connectivity index (χ1) is 33.7. The topological polar surface area (TPSA) is 146 Å². The van der Waals surface area contributed by atoms with E-state index in [0.29, 0.717) is 79.7 Å². The number of hydrogen-bond donors (Lipinski definition) is 2. The van der Waals surface area contributed by atoms with Crippen LogP contribution in [0.2, 0.25) is 0 Å². The largest absolute Gasteiger partial charge is 0.452 e. The summed E-state index contributed by atoms with van der Waals surface area (Å²) in [5, 5.41) is 2.71. The Morgan fingerprint density at radius 1 is 0.250 bits per heavy atom. The normalized spacial score (nSPS) is 11.5. The van der Waals surface area contributed by atoms with E-state index in [1.807, 2.05) is 194 Å². The van der Waals surface area contributed by atoms with Gasteiger partial charge in [0.2, 0.25) is 11.5 Å². The van der Waals surface area contributed by atoms with Crippen molar-refractivity contribution in [1.29, 1.82) is 0 Å². The Balaban J connectivity index is 1.25. The molecule has 2 aliphatic heterocycles. The average Bonchev–Trinajstić information content (AvgIpc) is 4.13. The van der Waals surface area contributed by atoms with Crippen LogP contribution in [0.4, 0.5) is 0 Å². The van der Waals surface area contributed by atoms with Crippen molar-refractivity contribution in [3.8, 4) is 91.5 Å². The van der Waals surface area contributed by atoms with Crippen molar-refractivity contribution in [3.05, 3.63) is 194 Å². The Kier molecular flexibility index (Phi) is 9.17. The van der Waals surface area contributed by atoms with Crippen LogP contribution in [0.5, 0.6) is 46.0 Å². The predicted molar refractivity (Wildman–Crippen MR) is 262 cm³/mol. The van der Waals surface area contributed by atoms with Crippen LogP contribution in [0.3, 0.4) is 0 Å². The van der Waals surface area contributed by atoms with E-state index in [-0.39, 0.29) is 23.0 Å². The third-order valence-corrected chi connectivity index (χ3v) is 11.7. The summed E-state index contributed by atoms with van der Waals surface area (Å²) in [5.74, 6) is 4.88. The third kappa shape index (κ3) is 6.79. The molecule has 322 valence electrons. The van der Waals surface area contributed by atoms with E-state index in [2.05, 4.69) is 9.97 Å². The SMILES string of the molecule is c1ccc(Oc2c(Oc3ccccc3)c(Oc3ccccc3)c3c4nc5nc(nc6[nH]c(nc7nc(nc([nH]4)c3c2Oc2ccccc2)-c2ccccc2-7)c2ccccc62)-c2ccccc2-5)cc1. The minimum absolute atomic E-state index is 0.221. The molecule has 0 atom stereocenters. The number of fused-ring (bicyclic) bond motifs is 20. The maximum absolute atomic E-state index is 7.05. The van der Waals surface area contributed by atoms with Gasteiger partial charge in [-0.3, -0.25) is 0 Å². The molecule has 2 N–H and O–H groups in total. The van der Waals surface area contributed by atoms with Gasteiger partial charge in [0, 0.05) is 33.0 Å². The second-order valence-electron chi connectivity index (χ2n) is 16.0. The van der Waals surface area contributed by atoms with Gasteiger partial charge < -0.3 is 28.9 Å². The first-order valence-corrected chi connectivity index (χ1v) is 21.9. The Labute approximate surface area is 387 Å². The monoisotopic (exact) mass is 882 g/mol. The number of ether oxygens (including phenoxy) is 4. The maximum Gasteiger partial charge on any atom is 0.217 e. The molecule has 0 aliphatic carbocycles. The van der Waals surface area contributed by atoms with Crippen molar-refractivity contribution >= 4 is 44.1 Å². The lowest BCUT2D eigenvalue weighted by atomic mass is 10.1. The molecule has 0 fully saturated rings. The van der Waals surface area contributed by atoms with Gasteiger partial charge in [-0.15, -0.1) is 0 Å². The fourth-order valence-corrected chi connectivity index (χ4v) is 8.59. The minimum Gasteiger partial charge on any atom is -0.452 e. The first-order valence-electron chi connectivity index (χ1n) is 21.9. The van der Waals surface area contributed by atoms with Crippen molar-refractivity contribution in [1.82, 2.24) is 39.9 Å². The number of aromatic amines is 2. The zero-order valence-corrected chi connectivity index (χ0v) is 35.8. The molecule has 0 saturated heterocycles. The van der Waals surface area contributed by atoms with Gasteiger partial charge in [-0.2, -0.15) is 0 Å². The van der Waals surface area contributed by atoms with Gasteiger partial charge in [0.05, 0.1) is 10.8 Å². The number of nitrogens with zero attached hydrogens (tertiary/aromatic N) is 6. The number of para-hydroxylation sites is 4. The number of hydrogen-bond acceptors (Lipinski definition) is 10. The molecule has 0 amide bonds. The summed E-state index contributed by atoms with van der Waals surface area (Å²) in [7, 11) is 0. The highest BCUT2D eigenvalue weighted by molar-refractivity contribution is 6.15. The zero-order valence-electron chi connectivity index (χ0n) is 35.8. The summed E-state index contributed by atoms with van der Waals surface area (Å²) in [4.78, 5) is 38.6. The molecule has 0 spiro atoms. The van der Waals surface area contributed by atoms with E-state index >= 15 is 0 Å². The standard InChI is InChI=1S/C56H34N8O4/c1-5-19-33(20-6-1)65-45-43-44(46(66-34-21-7-2-8-22-34)48(68-36-25-11-4-12-26-36)47(45)67-35-23-9-3-10-24-35)56-63-54-42-32-18-16-30-40(42)52(61-54)59-50-38-28-14-13-27-37(38)49(57-50)58-51-39-29-15-17-31-41(39)53(60-51)62-55(43)64-56/h1-32H,(H2,57,58,59,60,61,62,63,64). The zero-order chi connectivity index (χ0) is 45.0. The van der Waals surface area contributed by atoms with Crippen LogP contribution in [-0.2, 0) is 0 Å². The molecule has 13 rings (SSSR count). The van der Waals surface area contributed by atoms with E-state index in [4.69, 9.17) is 48.9 Å². The van der Waals surface area contributed by atoms with Crippen LogP contribution in [0, 0.1) is 0 Å². The molecular weight excluding hydrogens is 849 g/mol. The summed E-state index contributed by atoms with van der Waals surface area (Å²) < 4.78 is 28.0. The molecule has 0 unspecified atom stereocenters. The van der Waals surface area contributed by atoms with Gasteiger partial charge >= 0.3 is 0 Å². The number of H-pyrrole nitrogens is 2. The summed E-state index contributed by atoms with van der Waals surface area (Å²) in [6.45, 7) is 0. The summed E-state index contributed by atoms with van der Waals surface area (Å²) in [6.07, 6.45) is 0. The average molecular weight is 883 g/mol. The third-order valence-electron chi connectivity index (χ3n) is 11.7. The van der Waals surface area contributed by atoms with Gasteiger partial charge in [-0.25, -0.2) is 29.9 Å². The quantitative estimate of drug-likeness (QED) is 0.151. The Bertz CT molecular complexity index is 3670. The summed E-state index contributed by atoms with van der Waals surface area (Å²) >= 11 is 0. The number of nitrogens with one attached hydrogen (secondary N) is 2. The molecule has 2 aliphatic rings. The lowest BCUT2D eigenvalue weighted by Crippen LogP contribution is -1.99. The Morgan fingerprint density at radius 2 is 0.515 bits per heavy atom. The smallest absolute Gasteiger partial charge is 0.217 e. The highest BCUT2D eigenvalue weighted by atomic mass is 16.6. The van der Waals surface area contributed by atoms with Crippen LogP contribution in [0.15, 0.2) is 194 Å². The molecule has 68 heavy (non-hydrogen) atoms. The molecular formula is C56H34N8O4. The van der Waals surface area contributed by atoms with E-state index in [0.717, 1.165) is 33.0 Å². The van der Waals surface area contributed by atoms with Gasteiger partial charge in [0.15, 0.2) is 34.8 Å². The lowest BCUT2D eigenvalue weighted by Gasteiger charge is -2.21. The predicted octanol–water partition coefficient (Wildman–Crippen LogP) is 14.0. The van der Waals surface area contributed by atoms with Crippen molar-refractivity contribution in [2.45, 2.75) is 0 Å². The molecule has 5 heterocycles. The van der Waals surface area contributed by atoms with E-state index in [1.54, 1.807) is 0 Å². The molecule has 11 aromatic rings. The second kappa shape index (κ2) is 16.1. The molecule has 8 bridgehead atoms. The summed E-state index contributed by atoms with van der Waals surface area (Å²) in [5.41, 5.74) is 5.07. The van der Waals surface area contributed by atoms with Crippen molar-refractivity contribution in [3.63, 3.8) is 0 Å². The van der Waals surface area contributed by atoms with Gasteiger partial charge in [0.25, 0.3) is 0 Å². The van der Waals surface area contributed by atoms with Crippen LogP contribution in [-0.4, -0.2) is 39.9 Å². The maximum atomic E-state index is 7.05. The summed E-state index contributed by atoms with van der Waals surface area (Å²) in [6, 6.07) is 61.7. The highest BCUT2D eigenvalue weighted by Crippen LogP contribution is 2.57. The Morgan fingerprint density at radius 3 is 0.853 bits per heavy atom. The highest BCUT2D eigenvalue weighted by Gasteiger charge is 2.32. The molecule has 8 aromatic carbocycles. The lowest BCUT2D eigenvalue weighted by molar-refractivity contribution is 0.371. The van der Waals surface area contributed by atoms with Gasteiger partial charge in [-0.05, 0) is 48.5 Å². The fourth-order valence-electron chi connectivity index (χ4n) is 8.59. The van der Waals surface area contributed by atoms with E-state index in [9.17, 15) is 0 Å². The molecule has 0 radical (unpaired) electrons. The van der Waals surface area contributed by atoms with E-state index in [1.165, 1.54) is 0 Å². The van der Waals surface area contributed by atoms with Crippen LogP contribution in [0.25, 0.3) is 89.7 Å². The van der Waals surface area contributed by atoms with Crippen LogP contribution >= 0.6 is 0 Å². The van der Waals surface area contributed by atoms with Crippen LogP contribution in [0.1, 0.15) is 0 Å². The minimum atomic E-state index is 0.221. The first kappa shape index (κ1) is 38.8. The van der Waals surface area contributed by atoms with Crippen molar-refractivity contribution in [2.75, 3.05) is 0 Å². The Hall–Kier alpha value is -9.68. The fraction of sp³-hybridized carbons (Fsp3) is 0. The number of rotatable bonds is 8. The van der Waals surface area contributed by atoms with Crippen LogP contribution < -0.4 is 18.9 Å². The number of benzene rings is 8. The molecule has 12 heteroatoms. The number of aromatic nitrogens is 8. The molecule has 12 nitrogen and oxygen atoms in total. The van der Waals surface area contributed by atoms with E-state index < -0.39 is 0 Å². The molecule has 3 aromatic heterocycles. The van der Waals surface area contributed by atoms with Crippen molar-refractivity contribution in [2.24, 2.45) is 0 Å².